The minimum Gasteiger partial charge on any atom is -0.387 e. The van der Waals surface area contributed by atoms with Crippen molar-refractivity contribution in [3.05, 3.63) is 69.0 Å². The molecule has 0 fully saturated rings. The van der Waals surface area contributed by atoms with E-state index in [-0.39, 0.29) is 17.3 Å². The van der Waals surface area contributed by atoms with E-state index in [2.05, 4.69) is 5.32 Å². The zero-order valence-electron chi connectivity index (χ0n) is 10.8. The summed E-state index contributed by atoms with van der Waals surface area (Å²) in [7, 11) is 0. The maximum Gasteiger partial charge on any atom is 0.269 e. The molecule has 5 nitrogen and oxygen atoms in total. The third-order valence-corrected chi connectivity index (χ3v) is 3.20. The van der Waals surface area contributed by atoms with E-state index < -0.39 is 16.8 Å². The predicted octanol–water partition coefficient (Wildman–Crippen LogP) is 3.53. The third kappa shape index (κ3) is 3.90. The lowest BCUT2D eigenvalue weighted by Crippen LogP contribution is -2.12. The Bertz CT molecular complexity index is 649. The molecule has 21 heavy (non-hydrogen) atoms. The summed E-state index contributed by atoms with van der Waals surface area (Å²) in [6.07, 6.45) is -0.852. The molecule has 2 aromatic carbocycles. The van der Waals surface area contributed by atoms with Crippen LogP contribution in [0.3, 0.4) is 0 Å². The Morgan fingerprint density at radius 3 is 2.52 bits per heavy atom. The number of aliphatic hydroxyl groups excluding tert-OH is 1. The number of non-ortho nitro benzene ring substituents is 1. The van der Waals surface area contributed by atoms with Gasteiger partial charge in [0.1, 0.15) is 5.82 Å². The van der Waals surface area contributed by atoms with Crippen LogP contribution in [-0.4, -0.2) is 16.6 Å². The van der Waals surface area contributed by atoms with Crippen molar-refractivity contribution in [3.63, 3.8) is 0 Å². The van der Waals surface area contributed by atoms with Gasteiger partial charge in [-0.05, 0) is 35.9 Å². The van der Waals surface area contributed by atoms with Gasteiger partial charge < -0.3 is 10.4 Å². The number of hydrogen-bond donors (Lipinski definition) is 2. The normalized spacial score (nSPS) is 12.0. The smallest absolute Gasteiger partial charge is 0.269 e. The van der Waals surface area contributed by atoms with E-state index in [1.54, 1.807) is 0 Å². The Kier molecular flexibility index (Phi) is 4.72. The summed E-state index contributed by atoms with van der Waals surface area (Å²) in [6.45, 7) is 0.166. The van der Waals surface area contributed by atoms with Gasteiger partial charge in [-0.25, -0.2) is 4.39 Å². The van der Waals surface area contributed by atoms with Gasteiger partial charge in [0.25, 0.3) is 5.69 Å². The summed E-state index contributed by atoms with van der Waals surface area (Å²) in [5.74, 6) is -0.516. The molecule has 0 heterocycles. The van der Waals surface area contributed by atoms with Gasteiger partial charge in [0.05, 0.1) is 16.0 Å². The summed E-state index contributed by atoms with van der Waals surface area (Å²) in [5.41, 5.74) is 1.08. The highest BCUT2D eigenvalue weighted by Crippen LogP contribution is 2.21. The molecule has 0 aliphatic heterocycles. The van der Waals surface area contributed by atoms with Crippen molar-refractivity contribution in [1.82, 2.24) is 0 Å². The number of rotatable bonds is 5. The second-order valence-corrected chi connectivity index (χ2v) is 4.78. The Balaban J connectivity index is 1.99. The summed E-state index contributed by atoms with van der Waals surface area (Å²) in [5, 5.41) is 23.4. The molecule has 0 aliphatic carbocycles. The zero-order chi connectivity index (χ0) is 15.4. The molecule has 0 bridgehead atoms. The van der Waals surface area contributed by atoms with Crippen LogP contribution in [-0.2, 0) is 0 Å². The Morgan fingerprint density at radius 2 is 1.95 bits per heavy atom. The highest BCUT2D eigenvalue weighted by molar-refractivity contribution is 6.31. The highest BCUT2D eigenvalue weighted by Gasteiger charge is 2.10. The van der Waals surface area contributed by atoms with Crippen LogP contribution in [0.15, 0.2) is 42.5 Å². The molecular formula is C14H12ClFN2O3. The van der Waals surface area contributed by atoms with Crippen molar-refractivity contribution >= 4 is 23.0 Å². The standard InChI is InChI=1S/C14H12ClFN2O3/c15-12-7-10(3-6-13(12)16)17-8-14(19)9-1-4-11(5-2-9)18(20)21/h1-7,14,17,19H,8H2. The van der Waals surface area contributed by atoms with Crippen LogP contribution in [0.4, 0.5) is 15.8 Å². The maximum atomic E-state index is 13.0. The summed E-state index contributed by atoms with van der Waals surface area (Å²) in [6, 6.07) is 9.77. The van der Waals surface area contributed by atoms with E-state index in [1.807, 2.05) is 0 Å². The number of aliphatic hydroxyl groups is 1. The van der Waals surface area contributed by atoms with Crippen LogP contribution < -0.4 is 5.32 Å². The van der Waals surface area contributed by atoms with Crippen LogP contribution >= 0.6 is 11.6 Å². The van der Waals surface area contributed by atoms with Crippen molar-refractivity contribution < 1.29 is 14.4 Å². The Labute approximate surface area is 125 Å². The van der Waals surface area contributed by atoms with E-state index in [0.717, 1.165) is 0 Å². The van der Waals surface area contributed by atoms with Crippen LogP contribution in [0.25, 0.3) is 0 Å². The van der Waals surface area contributed by atoms with Gasteiger partial charge in [-0.3, -0.25) is 10.1 Å². The number of nitrogens with zero attached hydrogens (tertiary/aromatic N) is 1. The molecule has 0 saturated carbocycles. The lowest BCUT2D eigenvalue weighted by Gasteiger charge is -2.13. The molecule has 2 aromatic rings. The molecule has 110 valence electrons. The number of benzene rings is 2. The number of anilines is 1. The van der Waals surface area contributed by atoms with Gasteiger partial charge in [-0.2, -0.15) is 0 Å². The number of nitrogens with one attached hydrogen (secondary N) is 1. The van der Waals surface area contributed by atoms with Crippen LogP contribution in [0.2, 0.25) is 5.02 Å². The van der Waals surface area contributed by atoms with E-state index >= 15 is 0 Å². The molecule has 0 aromatic heterocycles. The van der Waals surface area contributed by atoms with Crippen molar-refractivity contribution in [2.75, 3.05) is 11.9 Å². The Morgan fingerprint density at radius 1 is 1.29 bits per heavy atom. The first kappa shape index (κ1) is 15.2. The fourth-order valence-corrected chi connectivity index (χ4v) is 1.94. The maximum absolute atomic E-state index is 13.0. The molecule has 0 amide bonds. The first-order valence-corrected chi connectivity index (χ1v) is 6.46. The second-order valence-electron chi connectivity index (χ2n) is 4.37. The van der Waals surface area contributed by atoms with Crippen molar-refractivity contribution in [2.24, 2.45) is 0 Å². The number of hydrogen-bond acceptors (Lipinski definition) is 4. The van der Waals surface area contributed by atoms with Crippen LogP contribution in [0.5, 0.6) is 0 Å². The average Bonchev–Trinajstić information content (AvgIpc) is 2.48. The fourth-order valence-electron chi connectivity index (χ4n) is 1.76. The first-order valence-electron chi connectivity index (χ1n) is 6.08. The minimum atomic E-state index is -0.852. The van der Waals surface area contributed by atoms with Gasteiger partial charge in [0.15, 0.2) is 0 Å². The highest BCUT2D eigenvalue weighted by atomic mass is 35.5. The third-order valence-electron chi connectivity index (χ3n) is 2.91. The summed E-state index contributed by atoms with van der Waals surface area (Å²) in [4.78, 5) is 10.0. The van der Waals surface area contributed by atoms with Crippen molar-refractivity contribution in [1.29, 1.82) is 0 Å². The molecule has 7 heteroatoms. The molecule has 1 atom stereocenters. The monoisotopic (exact) mass is 310 g/mol. The lowest BCUT2D eigenvalue weighted by molar-refractivity contribution is -0.384. The molecule has 0 saturated heterocycles. The topological polar surface area (TPSA) is 75.4 Å². The SMILES string of the molecule is O=[N+]([O-])c1ccc(C(O)CNc2ccc(F)c(Cl)c2)cc1. The molecular weight excluding hydrogens is 299 g/mol. The van der Waals surface area contributed by atoms with E-state index in [9.17, 15) is 19.6 Å². The number of nitro benzene ring substituents is 1. The van der Waals surface area contributed by atoms with Gasteiger partial charge in [-0.1, -0.05) is 11.6 Å². The van der Waals surface area contributed by atoms with Gasteiger partial charge in [0.2, 0.25) is 0 Å². The lowest BCUT2D eigenvalue weighted by atomic mass is 10.1. The molecule has 0 aliphatic rings. The first-order chi connectivity index (χ1) is 9.97. The van der Waals surface area contributed by atoms with Gasteiger partial charge in [-0.15, -0.1) is 0 Å². The predicted molar refractivity (Wildman–Crippen MR) is 78.0 cm³/mol. The molecule has 2 rings (SSSR count). The zero-order valence-corrected chi connectivity index (χ0v) is 11.5. The number of nitro groups is 1. The van der Waals surface area contributed by atoms with Crippen LogP contribution in [0.1, 0.15) is 11.7 Å². The van der Waals surface area contributed by atoms with Crippen molar-refractivity contribution in [2.45, 2.75) is 6.10 Å². The molecule has 1 unspecified atom stereocenters. The fraction of sp³-hybridized carbons (Fsp3) is 0.143. The number of halogens is 2. The molecule has 2 N–H and O–H groups in total. The molecule has 0 radical (unpaired) electrons. The Hall–Kier alpha value is -2.18. The van der Waals surface area contributed by atoms with E-state index in [1.165, 1.54) is 42.5 Å². The summed E-state index contributed by atoms with van der Waals surface area (Å²) >= 11 is 5.65. The average molecular weight is 311 g/mol. The van der Waals surface area contributed by atoms with E-state index in [0.29, 0.717) is 11.3 Å². The van der Waals surface area contributed by atoms with E-state index in [4.69, 9.17) is 11.6 Å². The van der Waals surface area contributed by atoms with Gasteiger partial charge in [0, 0.05) is 24.4 Å². The summed E-state index contributed by atoms with van der Waals surface area (Å²) < 4.78 is 13.0. The largest absolute Gasteiger partial charge is 0.387 e. The minimum absolute atomic E-state index is 0.00942. The second kappa shape index (κ2) is 6.51. The van der Waals surface area contributed by atoms with Crippen LogP contribution in [0, 0.1) is 15.9 Å². The quantitative estimate of drug-likeness (QED) is 0.654. The van der Waals surface area contributed by atoms with Crippen molar-refractivity contribution in [3.8, 4) is 0 Å². The van der Waals surface area contributed by atoms with Gasteiger partial charge >= 0.3 is 0 Å². The molecule has 0 spiro atoms.